The Kier molecular flexibility index (Phi) is 3.30. The van der Waals surface area contributed by atoms with E-state index in [1.807, 2.05) is 4.90 Å². The molecule has 3 N–H and O–H groups in total. The number of aliphatic hydroxyl groups excluding tert-OH is 1. The van der Waals surface area contributed by atoms with Crippen molar-refractivity contribution in [1.29, 1.82) is 0 Å². The van der Waals surface area contributed by atoms with Gasteiger partial charge in [0, 0.05) is 25.6 Å². The molecule has 3 aliphatic rings. The van der Waals surface area contributed by atoms with Crippen molar-refractivity contribution in [2.24, 2.45) is 17.6 Å². The molecule has 2 heterocycles. The maximum Gasteiger partial charge on any atom is 0.251 e. The highest BCUT2D eigenvalue weighted by Gasteiger charge is 2.45. The van der Waals surface area contributed by atoms with Gasteiger partial charge in [-0.2, -0.15) is 0 Å². The van der Waals surface area contributed by atoms with Crippen molar-refractivity contribution < 1.29 is 14.6 Å². The largest absolute Gasteiger partial charge is 0.393 e. The summed E-state index contributed by atoms with van der Waals surface area (Å²) in [7, 11) is 0. The lowest BCUT2D eigenvalue weighted by molar-refractivity contribution is -0.142. The van der Waals surface area contributed by atoms with E-state index in [1.165, 1.54) is 0 Å². The van der Waals surface area contributed by atoms with E-state index >= 15 is 0 Å². The lowest BCUT2D eigenvalue weighted by Crippen LogP contribution is -2.39. The first kappa shape index (κ1) is 12.4. The summed E-state index contributed by atoms with van der Waals surface area (Å²) in [6.07, 6.45) is 3.15. The van der Waals surface area contributed by atoms with E-state index in [0.29, 0.717) is 24.9 Å². The van der Waals surface area contributed by atoms with Gasteiger partial charge >= 0.3 is 0 Å². The number of likely N-dealkylation sites (tertiary alicyclic amines) is 1. The third-order valence-corrected chi connectivity index (χ3v) is 4.78. The molecule has 18 heavy (non-hydrogen) atoms. The third kappa shape index (κ3) is 2.04. The van der Waals surface area contributed by atoms with Crippen molar-refractivity contribution in [2.75, 3.05) is 19.6 Å². The minimum absolute atomic E-state index is 0.0478. The molecule has 5 nitrogen and oxygen atoms in total. The Labute approximate surface area is 107 Å². The second-order valence-electron chi connectivity index (χ2n) is 5.87. The predicted octanol–water partition coefficient (Wildman–Crippen LogP) is -0.278. The number of aliphatic hydroxyl groups is 1. The molecule has 0 spiro atoms. The Morgan fingerprint density at radius 1 is 1.28 bits per heavy atom. The van der Waals surface area contributed by atoms with E-state index in [0.717, 1.165) is 32.2 Å². The molecular formula is C13H22N2O3. The van der Waals surface area contributed by atoms with Gasteiger partial charge in [0.25, 0.3) is 5.91 Å². The predicted molar refractivity (Wildman–Crippen MR) is 65.8 cm³/mol. The zero-order valence-electron chi connectivity index (χ0n) is 10.6. The Hall–Kier alpha value is -0.650. The van der Waals surface area contributed by atoms with Crippen molar-refractivity contribution in [1.82, 2.24) is 4.90 Å². The summed E-state index contributed by atoms with van der Waals surface area (Å²) in [4.78, 5) is 14.2. The van der Waals surface area contributed by atoms with Crippen molar-refractivity contribution in [2.45, 2.75) is 44.0 Å². The zero-order valence-corrected chi connectivity index (χ0v) is 10.6. The van der Waals surface area contributed by atoms with Gasteiger partial charge in [0.2, 0.25) is 0 Å². The lowest BCUT2D eigenvalue weighted by Gasteiger charge is -2.22. The molecule has 2 saturated heterocycles. The summed E-state index contributed by atoms with van der Waals surface area (Å²) in [5.74, 6) is 0.892. The van der Waals surface area contributed by atoms with Crippen LogP contribution in [-0.2, 0) is 9.53 Å². The summed E-state index contributed by atoms with van der Waals surface area (Å²) in [5.41, 5.74) is 5.56. The second-order valence-corrected chi connectivity index (χ2v) is 5.87. The van der Waals surface area contributed by atoms with Gasteiger partial charge in [-0.25, -0.2) is 0 Å². The molecule has 0 radical (unpaired) electrons. The molecule has 0 aromatic heterocycles. The highest BCUT2D eigenvalue weighted by Crippen LogP contribution is 2.38. The Balaban J connectivity index is 1.58. The molecule has 3 fully saturated rings. The molecule has 3 rings (SSSR count). The molecule has 5 atom stereocenters. The molecule has 1 amide bonds. The van der Waals surface area contributed by atoms with Gasteiger partial charge in [-0.05, 0) is 31.6 Å². The van der Waals surface area contributed by atoms with Crippen LogP contribution >= 0.6 is 0 Å². The minimum atomic E-state index is -0.297. The van der Waals surface area contributed by atoms with Crippen LogP contribution in [0.1, 0.15) is 25.7 Å². The number of nitrogens with zero attached hydrogens (tertiary/aromatic N) is 1. The summed E-state index contributed by atoms with van der Waals surface area (Å²) in [6, 6.07) is 0. The number of hydrogen-bond donors (Lipinski definition) is 2. The fourth-order valence-electron chi connectivity index (χ4n) is 3.68. The number of hydrogen-bond acceptors (Lipinski definition) is 4. The number of ether oxygens (including phenoxy) is 1. The molecule has 5 unspecified atom stereocenters. The maximum atomic E-state index is 12.3. The number of carbonyl (C=O) groups is 1. The van der Waals surface area contributed by atoms with Crippen LogP contribution in [0, 0.1) is 11.8 Å². The Bertz CT molecular complexity index is 336. The Morgan fingerprint density at radius 3 is 2.78 bits per heavy atom. The summed E-state index contributed by atoms with van der Waals surface area (Å²) < 4.78 is 5.66. The van der Waals surface area contributed by atoms with Gasteiger partial charge in [0.05, 0.1) is 12.2 Å². The topological polar surface area (TPSA) is 75.8 Å². The molecule has 5 heteroatoms. The summed E-state index contributed by atoms with van der Waals surface area (Å²) in [5, 5.41) is 9.86. The van der Waals surface area contributed by atoms with E-state index in [-0.39, 0.29) is 24.2 Å². The Morgan fingerprint density at radius 2 is 2.11 bits per heavy atom. The van der Waals surface area contributed by atoms with E-state index in [1.54, 1.807) is 0 Å². The quantitative estimate of drug-likeness (QED) is 0.711. The molecule has 1 aliphatic carbocycles. The van der Waals surface area contributed by atoms with Crippen molar-refractivity contribution in [3.63, 3.8) is 0 Å². The molecule has 1 saturated carbocycles. The van der Waals surface area contributed by atoms with Gasteiger partial charge in [0.1, 0.15) is 6.10 Å². The normalized spacial score (nSPS) is 43.4. The summed E-state index contributed by atoms with van der Waals surface area (Å²) >= 11 is 0. The molecule has 102 valence electrons. The number of carbonyl (C=O) groups excluding carboxylic acids is 1. The monoisotopic (exact) mass is 254 g/mol. The van der Waals surface area contributed by atoms with E-state index in [2.05, 4.69) is 0 Å². The second kappa shape index (κ2) is 4.79. The fourth-order valence-corrected chi connectivity index (χ4v) is 3.68. The van der Waals surface area contributed by atoms with Crippen LogP contribution in [-0.4, -0.2) is 53.9 Å². The van der Waals surface area contributed by atoms with Crippen molar-refractivity contribution in [3.05, 3.63) is 0 Å². The fraction of sp³-hybridized carbons (Fsp3) is 0.923. The number of rotatable bonds is 2. The highest BCUT2D eigenvalue weighted by molar-refractivity contribution is 5.81. The smallest absolute Gasteiger partial charge is 0.251 e. The minimum Gasteiger partial charge on any atom is -0.393 e. The standard InChI is InChI=1S/C13H22N2O3/c14-5-9-2-4-12(18-9)13(17)15-6-8-1-3-11(16)10(8)7-15/h8-12,16H,1-7,14H2. The van der Waals surface area contributed by atoms with Crippen LogP contribution in [0.25, 0.3) is 0 Å². The van der Waals surface area contributed by atoms with Crippen LogP contribution < -0.4 is 5.73 Å². The van der Waals surface area contributed by atoms with Crippen LogP contribution in [0.4, 0.5) is 0 Å². The zero-order chi connectivity index (χ0) is 12.7. The maximum absolute atomic E-state index is 12.3. The number of amides is 1. The molecule has 0 aromatic rings. The SMILES string of the molecule is NCC1CCC(C(=O)N2CC3CCC(O)C3C2)O1. The lowest BCUT2D eigenvalue weighted by atomic mass is 10.00. The molecule has 0 aromatic carbocycles. The summed E-state index contributed by atoms with van der Waals surface area (Å²) in [6.45, 7) is 2.00. The van der Waals surface area contributed by atoms with E-state index in [9.17, 15) is 9.90 Å². The molecule has 2 aliphatic heterocycles. The molecular weight excluding hydrogens is 232 g/mol. The number of fused-ring (bicyclic) bond motifs is 1. The van der Waals surface area contributed by atoms with Crippen LogP contribution in [0.5, 0.6) is 0 Å². The first-order valence-electron chi connectivity index (χ1n) is 7.01. The average Bonchev–Trinajstić information content (AvgIpc) is 3.06. The molecule has 0 bridgehead atoms. The average molecular weight is 254 g/mol. The van der Waals surface area contributed by atoms with Gasteiger partial charge in [-0.15, -0.1) is 0 Å². The van der Waals surface area contributed by atoms with Crippen molar-refractivity contribution >= 4 is 5.91 Å². The highest BCUT2D eigenvalue weighted by atomic mass is 16.5. The first-order valence-corrected chi connectivity index (χ1v) is 7.01. The van der Waals surface area contributed by atoms with Gasteiger partial charge in [-0.1, -0.05) is 0 Å². The van der Waals surface area contributed by atoms with Crippen LogP contribution in [0.3, 0.4) is 0 Å². The van der Waals surface area contributed by atoms with E-state index in [4.69, 9.17) is 10.5 Å². The number of nitrogens with two attached hydrogens (primary N) is 1. The first-order chi connectivity index (χ1) is 8.69. The van der Waals surface area contributed by atoms with Gasteiger partial charge < -0.3 is 20.5 Å². The van der Waals surface area contributed by atoms with E-state index < -0.39 is 0 Å². The van der Waals surface area contributed by atoms with Crippen LogP contribution in [0.2, 0.25) is 0 Å². The van der Waals surface area contributed by atoms with Crippen LogP contribution in [0.15, 0.2) is 0 Å². The van der Waals surface area contributed by atoms with Gasteiger partial charge in [0.15, 0.2) is 0 Å². The van der Waals surface area contributed by atoms with Gasteiger partial charge in [-0.3, -0.25) is 4.79 Å². The third-order valence-electron chi connectivity index (χ3n) is 4.78. The van der Waals surface area contributed by atoms with Crippen molar-refractivity contribution in [3.8, 4) is 0 Å².